The molecule has 0 radical (unpaired) electrons. The number of carbonyl (C=O) groups is 1. The van der Waals surface area contributed by atoms with Crippen molar-refractivity contribution in [2.45, 2.75) is 13.0 Å². The highest BCUT2D eigenvalue weighted by Gasteiger charge is 2.20. The van der Waals surface area contributed by atoms with Crippen LogP contribution in [0.3, 0.4) is 0 Å². The van der Waals surface area contributed by atoms with Gasteiger partial charge in [0.05, 0.1) is 0 Å². The van der Waals surface area contributed by atoms with Crippen molar-refractivity contribution in [2.24, 2.45) is 0 Å². The SMILES string of the molecule is CC(c1cccnc1)N1CCN(C=O)CC1. The van der Waals surface area contributed by atoms with Gasteiger partial charge in [-0.2, -0.15) is 0 Å². The zero-order valence-electron chi connectivity index (χ0n) is 9.54. The summed E-state index contributed by atoms with van der Waals surface area (Å²) in [5, 5.41) is 0. The normalized spacial score (nSPS) is 19.4. The van der Waals surface area contributed by atoms with E-state index in [1.165, 1.54) is 5.56 Å². The van der Waals surface area contributed by atoms with Gasteiger partial charge in [-0.15, -0.1) is 0 Å². The Balaban J connectivity index is 1.96. The largest absolute Gasteiger partial charge is 0.343 e. The van der Waals surface area contributed by atoms with Crippen LogP contribution in [0.15, 0.2) is 24.5 Å². The van der Waals surface area contributed by atoms with Crippen LogP contribution in [0.5, 0.6) is 0 Å². The maximum Gasteiger partial charge on any atom is 0.209 e. The summed E-state index contributed by atoms with van der Waals surface area (Å²) in [6.45, 7) is 5.72. The number of aromatic nitrogens is 1. The number of carbonyl (C=O) groups excluding carboxylic acids is 1. The number of amides is 1. The van der Waals surface area contributed by atoms with Crippen LogP contribution in [0, 0.1) is 0 Å². The van der Waals surface area contributed by atoms with Crippen LogP contribution in [-0.4, -0.2) is 47.4 Å². The van der Waals surface area contributed by atoms with Crippen molar-refractivity contribution in [1.82, 2.24) is 14.8 Å². The molecule has 16 heavy (non-hydrogen) atoms. The van der Waals surface area contributed by atoms with E-state index in [0.29, 0.717) is 6.04 Å². The van der Waals surface area contributed by atoms with Crippen LogP contribution in [0.25, 0.3) is 0 Å². The van der Waals surface area contributed by atoms with Crippen molar-refractivity contribution in [3.8, 4) is 0 Å². The number of pyridine rings is 1. The summed E-state index contributed by atoms with van der Waals surface area (Å²) in [5.41, 5.74) is 1.24. The van der Waals surface area contributed by atoms with E-state index >= 15 is 0 Å². The van der Waals surface area contributed by atoms with E-state index in [1.54, 1.807) is 6.20 Å². The fraction of sp³-hybridized carbons (Fsp3) is 0.500. The number of hydrogen-bond donors (Lipinski definition) is 0. The summed E-state index contributed by atoms with van der Waals surface area (Å²) in [6.07, 6.45) is 4.64. The second-order valence-electron chi connectivity index (χ2n) is 4.14. The van der Waals surface area contributed by atoms with Crippen molar-refractivity contribution in [2.75, 3.05) is 26.2 Å². The summed E-state index contributed by atoms with van der Waals surface area (Å²) >= 11 is 0. The van der Waals surface area contributed by atoms with Gasteiger partial charge in [-0.25, -0.2) is 0 Å². The smallest absolute Gasteiger partial charge is 0.209 e. The van der Waals surface area contributed by atoms with E-state index in [-0.39, 0.29) is 0 Å². The molecule has 1 saturated heterocycles. The van der Waals surface area contributed by atoms with Gasteiger partial charge in [-0.3, -0.25) is 14.7 Å². The van der Waals surface area contributed by atoms with Crippen molar-refractivity contribution in [3.05, 3.63) is 30.1 Å². The molecule has 1 amide bonds. The van der Waals surface area contributed by atoms with Gasteiger partial charge >= 0.3 is 0 Å². The summed E-state index contributed by atoms with van der Waals surface area (Å²) < 4.78 is 0. The summed E-state index contributed by atoms with van der Waals surface area (Å²) in [4.78, 5) is 19.0. The van der Waals surface area contributed by atoms with Crippen LogP contribution >= 0.6 is 0 Å². The molecular formula is C12H17N3O. The topological polar surface area (TPSA) is 36.4 Å². The molecule has 1 aliphatic rings. The Morgan fingerprint density at radius 1 is 1.38 bits per heavy atom. The molecule has 4 heteroatoms. The third kappa shape index (κ3) is 2.39. The first-order valence-electron chi connectivity index (χ1n) is 5.64. The summed E-state index contributed by atoms with van der Waals surface area (Å²) in [6, 6.07) is 4.44. The van der Waals surface area contributed by atoms with Crippen LogP contribution in [0.1, 0.15) is 18.5 Å². The molecular weight excluding hydrogens is 202 g/mol. The van der Waals surface area contributed by atoms with Gasteiger partial charge in [-0.05, 0) is 18.6 Å². The first kappa shape index (κ1) is 11.1. The molecule has 1 fully saturated rings. The molecule has 1 atom stereocenters. The molecule has 0 aliphatic carbocycles. The van der Waals surface area contributed by atoms with Gasteiger partial charge < -0.3 is 4.90 Å². The first-order valence-corrected chi connectivity index (χ1v) is 5.64. The minimum atomic E-state index is 0.377. The Morgan fingerprint density at radius 2 is 2.12 bits per heavy atom. The van der Waals surface area contributed by atoms with Gasteiger partial charge in [0.25, 0.3) is 0 Å². The van der Waals surface area contributed by atoms with Crippen LogP contribution in [-0.2, 0) is 4.79 Å². The van der Waals surface area contributed by atoms with Gasteiger partial charge in [0, 0.05) is 44.6 Å². The second-order valence-corrected chi connectivity index (χ2v) is 4.14. The molecule has 0 aromatic carbocycles. The second kappa shape index (κ2) is 5.07. The molecule has 4 nitrogen and oxygen atoms in total. The van der Waals surface area contributed by atoms with E-state index in [1.807, 2.05) is 17.2 Å². The predicted molar refractivity (Wildman–Crippen MR) is 61.9 cm³/mol. The van der Waals surface area contributed by atoms with E-state index < -0.39 is 0 Å². The maximum absolute atomic E-state index is 10.6. The molecule has 1 aromatic heterocycles. The summed E-state index contributed by atoms with van der Waals surface area (Å²) in [7, 11) is 0. The molecule has 1 aromatic rings. The highest BCUT2D eigenvalue weighted by atomic mass is 16.1. The average molecular weight is 219 g/mol. The minimum Gasteiger partial charge on any atom is -0.343 e. The molecule has 0 N–H and O–H groups in total. The number of hydrogen-bond acceptors (Lipinski definition) is 3. The lowest BCUT2D eigenvalue weighted by molar-refractivity contribution is -0.120. The Hall–Kier alpha value is -1.42. The van der Waals surface area contributed by atoms with E-state index in [2.05, 4.69) is 22.9 Å². The molecule has 0 bridgehead atoms. The highest BCUT2D eigenvalue weighted by Crippen LogP contribution is 2.19. The third-order valence-corrected chi connectivity index (χ3v) is 3.21. The van der Waals surface area contributed by atoms with Gasteiger partial charge in [0.15, 0.2) is 0 Å². The van der Waals surface area contributed by atoms with E-state index in [9.17, 15) is 4.79 Å². The molecule has 2 heterocycles. The molecule has 86 valence electrons. The molecule has 1 unspecified atom stereocenters. The standard InChI is InChI=1S/C12H17N3O/c1-11(12-3-2-4-13-9-12)15-7-5-14(10-16)6-8-15/h2-4,9-11H,5-8H2,1H3. The number of nitrogens with zero attached hydrogens (tertiary/aromatic N) is 3. The lowest BCUT2D eigenvalue weighted by Crippen LogP contribution is -2.46. The predicted octanol–water partition coefficient (Wildman–Crippen LogP) is 0.917. The molecule has 2 rings (SSSR count). The van der Waals surface area contributed by atoms with Gasteiger partial charge in [0.1, 0.15) is 0 Å². The zero-order chi connectivity index (χ0) is 11.4. The summed E-state index contributed by atoms with van der Waals surface area (Å²) in [5.74, 6) is 0. The van der Waals surface area contributed by atoms with Crippen molar-refractivity contribution >= 4 is 6.41 Å². The van der Waals surface area contributed by atoms with Gasteiger partial charge in [-0.1, -0.05) is 6.07 Å². The fourth-order valence-electron chi connectivity index (χ4n) is 2.06. The molecule has 0 saturated carbocycles. The van der Waals surface area contributed by atoms with Crippen molar-refractivity contribution < 1.29 is 4.79 Å². The maximum atomic E-state index is 10.6. The van der Waals surface area contributed by atoms with Crippen molar-refractivity contribution in [3.63, 3.8) is 0 Å². The lowest BCUT2D eigenvalue weighted by atomic mass is 10.1. The zero-order valence-corrected chi connectivity index (χ0v) is 9.54. The number of piperazine rings is 1. The first-order chi connectivity index (χ1) is 7.81. The van der Waals surface area contributed by atoms with E-state index in [4.69, 9.17) is 0 Å². The Kier molecular flexibility index (Phi) is 3.51. The Morgan fingerprint density at radius 3 is 2.69 bits per heavy atom. The monoisotopic (exact) mass is 219 g/mol. The quantitative estimate of drug-likeness (QED) is 0.709. The minimum absolute atomic E-state index is 0.377. The van der Waals surface area contributed by atoms with E-state index in [0.717, 1.165) is 32.6 Å². The van der Waals surface area contributed by atoms with Crippen LogP contribution in [0.2, 0.25) is 0 Å². The number of rotatable bonds is 3. The van der Waals surface area contributed by atoms with Crippen LogP contribution in [0.4, 0.5) is 0 Å². The molecule has 0 spiro atoms. The fourth-order valence-corrected chi connectivity index (χ4v) is 2.06. The Labute approximate surface area is 95.9 Å². The highest BCUT2D eigenvalue weighted by molar-refractivity contribution is 5.47. The van der Waals surface area contributed by atoms with Crippen LogP contribution < -0.4 is 0 Å². The molecule has 1 aliphatic heterocycles. The van der Waals surface area contributed by atoms with Gasteiger partial charge in [0.2, 0.25) is 6.41 Å². The van der Waals surface area contributed by atoms with Crippen molar-refractivity contribution in [1.29, 1.82) is 0 Å². The third-order valence-electron chi connectivity index (χ3n) is 3.21. The Bertz CT molecular complexity index is 333. The lowest BCUT2D eigenvalue weighted by Gasteiger charge is -2.36. The average Bonchev–Trinajstić information content (AvgIpc) is 2.39.